The van der Waals surface area contributed by atoms with Gasteiger partial charge in [0.25, 0.3) is 0 Å². The number of amides is 2. The normalized spacial score (nSPS) is 17.7. The first kappa shape index (κ1) is 13.4. The average molecular weight is 258 g/mol. The molecule has 1 aliphatic rings. The van der Waals surface area contributed by atoms with Gasteiger partial charge in [-0.2, -0.15) is 5.26 Å². The van der Waals surface area contributed by atoms with E-state index in [4.69, 9.17) is 5.26 Å². The fourth-order valence-corrected chi connectivity index (χ4v) is 2.19. The predicted molar refractivity (Wildman–Crippen MR) is 73.8 cm³/mol. The summed E-state index contributed by atoms with van der Waals surface area (Å²) >= 11 is 0. The molecule has 19 heavy (non-hydrogen) atoms. The van der Waals surface area contributed by atoms with E-state index in [-0.39, 0.29) is 6.03 Å². The van der Waals surface area contributed by atoms with Gasteiger partial charge in [0.15, 0.2) is 0 Å². The Hall–Kier alpha value is -2.06. The van der Waals surface area contributed by atoms with Crippen LogP contribution in [0.5, 0.6) is 0 Å². The van der Waals surface area contributed by atoms with Gasteiger partial charge in [-0.05, 0) is 50.0 Å². The van der Waals surface area contributed by atoms with Crippen molar-refractivity contribution in [3.05, 3.63) is 29.8 Å². The highest BCUT2D eigenvalue weighted by atomic mass is 16.2. The van der Waals surface area contributed by atoms with Crippen LogP contribution in [0.4, 0.5) is 10.5 Å². The van der Waals surface area contributed by atoms with E-state index >= 15 is 0 Å². The minimum Gasteiger partial charge on any atom is -0.338 e. The van der Waals surface area contributed by atoms with Gasteiger partial charge in [-0.15, -0.1) is 0 Å². The van der Waals surface area contributed by atoms with Gasteiger partial charge in [0, 0.05) is 12.2 Å². The number of anilines is 1. The quantitative estimate of drug-likeness (QED) is 0.769. The van der Waals surface area contributed by atoms with E-state index in [2.05, 4.69) is 16.0 Å². The number of carbonyl (C=O) groups excluding carboxylic acids is 1. The van der Waals surface area contributed by atoms with Crippen LogP contribution in [-0.4, -0.2) is 25.7 Å². The Labute approximate surface area is 113 Å². The molecule has 0 aliphatic carbocycles. The van der Waals surface area contributed by atoms with Crippen LogP contribution in [0.25, 0.3) is 0 Å². The van der Waals surface area contributed by atoms with Crippen LogP contribution in [0.3, 0.4) is 0 Å². The fraction of sp³-hybridized carbons (Fsp3) is 0.429. The fourth-order valence-electron chi connectivity index (χ4n) is 2.19. The highest BCUT2D eigenvalue weighted by Gasteiger charge is 2.13. The summed E-state index contributed by atoms with van der Waals surface area (Å²) in [5.74, 6) is 0.669. The first-order valence-electron chi connectivity index (χ1n) is 6.53. The Balaban J connectivity index is 1.72. The Morgan fingerprint density at radius 2 is 2.42 bits per heavy atom. The van der Waals surface area contributed by atoms with Gasteiger partial charge in [-0.3, -0.25) is 0 Å². The lowest BCUT2D eigenvalue weighted by Crippen LogP contribution is -2.30. The number of hydrogen-bond acceptors (Lipinski definition) is 3. The van der Waals surface area contributed by atoms with Crippen molar-refractivity contribution in [3.8, 4) is 6.07 Å². The smallest absolute Gasteiger partial charge is 0.319 e. The second-order valence-corrected chi connectivity index (χ2v) is 4.72. The zero-order valence-corrected chi connectivity index (χ0v) is 10.8. The third kappa shape index (κ3) is 4.27. The lowest BCUT2D eigenvalue weighted by atomic mass is 10.1. The number of urea groups is 1. The number of hydrogen-bond donors (Lipinski definition) is 3. The molecule has 1 unspecified atom stereocenters. The van der Waals surface area contributed by atoms with Crippen LogP contribution in [0.1, 0.15) is 18.4 Å². The number of nitrogens with zero attached hydrogens (tertiary/aromatic N) is 1. The van der Waals surface area contributed by atoms with Gasteiger partial charge < -0.3 is 16.0 Å². The largest absolute Gasteiger partial charge is 0.338 e. The minimum absolute atomic E-state index is 0.221. The van der Waals surface area contributed by atoms with Gasteiger partial charge in [0.1, 0.15) is 0 Å². The van der Waals surface area contributed by atoms with Crippen molar-refractivity contribution in [2.24, 2.45) is 5.92 Å². The molecule has 0 radical (unpaired) electrons. The number of rotatable bonds is 4. The Kier molecular flexibility index (Phi) is 4.76. The van der Waals surface area contributed by atoms with Crippen LogP contribution < -0.4 is 16.0 Å². The molecular weight excluding hydrogens is 240 g/mol. The second-order valence-electron chi connectivity index (χ2n) is 4.72. The summed E-state index contributed by atoms with van der Waals surface area (Å²) in [5, 5.41) is 17.6. The van der Waals surface area contributed by atoms with Crippen molar-refractivity contribution in [1.29, 1.82) is 5.26 Å². The minimum atomic E-state index is -0.221. The van der Waals surface area contributed by atoms with E-state index in [0.29, 0.717) is 23.7 Å². The number of carbonyl (C=O) groups is 1. The Morgan fingerprint density at radius 1 is 1.53 bits per heavy atom. The van der Waals surface area contributed by atoms with Crippen molar-refractivity contribution < 1.29 is 4.79 Å². The number of nitriles is 1. The highest BCUT2D eigenvalue weighted by molar-refractivity contribution is 5.89. The topological polar surface area (TPSA) is 77.0 Å². The second kappa shape index (κ2) is 6.76. The van der Waals surface area contributed by atoms with Gasteiger partial charge in [-0.25, -0.2) is 4.79 Å². The molecule has 1 atom stereocenters. The summed E-state index contributed by atoms with van der Waals surface area (Å²) in [6.45, 7) is 2.81. The summed E-state index contributed by atoms with van der Waals surface area (Å²) in [6, 6.07) is 8.69. The summed E-state index contributed by atoms with van der Waals surface area (Å²) in [6.07, 6.45) is 2.19. The molecule has 0 spiro atoms. The van der Waals surface area contributed by atoms with Gasteiger partial charge in [-0.1, -0.05) is 6.07 Å². The first-order chi connectivity index (χ1) is 9.28. The van der Waals surface area contributed by atoms with Gasteiger partial charge in [0.05, 0.1) is 11.6 Å². The predicted octanol–water partition coefficient (Wildman–Crippen LogP) is 1.68. The molecule has 1 aliphatic heterocycles. The van der Waals surface area contributed by atoms with E-state index in [1.165, 1.54) is 6.42 Å². The third-order valence-corrected chi connectivity index (χ3v) is 3.25. The van der Waals surface area contributed by atoms with E-state index in [1.807, 2.05) is 6.07 Å². The molecule has 2 amide bonds. The van der Waals surface area contributed by atoms with Crippen molar-refractivity contribution in [2.45, 2.75) is 12.8 Å². The first-order valence-corrected chi connectivity index (χ1v) is 6.53. The van der Waals surface area contributed by atoms with Gasteiger partial charge >= 0.3 is 6.03 Å². The molecule has 100 valence electrons. The molecular formula is C14H18N4O. The molecule has 2 rings (SSSR count). The van der Waals surface area contributed by atoms with Crippen molar-refractivity contribution >= 4 is 11.7 Å². The maximum atomic E-state index is 11.7. The van der Waals surface area contributed by atoms with Crippen molar-refractivity contribution in [3.63, 3.8) is 0 Å². The Bertz CT molecular complexity index is 475. The molecule has 1 saturated heterocycles. The monoisotopic (exact) mass is 258 g/mol. The average Bonchev–Trinajstić information content (AvgIpc) is 2.92. The Morgan fingerprint density at radius 3 is 3.16 bits per heavy atom. The molecule has 1 fully saturated rings. The third-order valence-electron chi connectivity index (χ3n) is 3.25. The van der Waals surface area contributed by atoms with Crippen LogP contribution in [0.15, 0.2) is 24.3 Å². The lowest BCUT2D eigenvalue weighted by Gasteiger charge is -2.10. The highest BCUT2D eigenvalue weighted by Crippen LogP contribution is 2.11. The van der Waals surface area contributed by atoms with Crippen LogP contribution in [0, 0.1) is 17.2 Å². The molecule has 5 nitrogen and oxygen atoms in total. The van der Waals surface area contributed by atoms with E-state index < -0.39 is 0 Å². The molecule has 1 aromatic carbocycles. The standard InChI is InChI=1S/C14H18N4O/c15-9-12-2-1-3-13(8-12)18-14(19)17-7-5-11-4-6-16-10-11/h1-3,8,11,16H,4-7,10H2,(H2,17,18,19). The molecule has 5 heteroatoms. The summed E-state index contributed by atoms with van der Waals surface area (Å²) < 4.78 is 0. The summed E-state index contributed by atoms with van der Waals surface area (Å²) in [5.41, 5.74) is 1.17. The van der Waals surface area contributed by atoms with Crippen LogP contribution >= 0.6 is 0 Å². The SMILES string of the molecule is N#Cc1cccc(NC(=O)NCCC2CCNC2)c1. The van der Waals surface area contributed by atoms with Crippen LogP contribution in [0.2, 0.25) is 0 Å². The molecule has 0 saturated carbocycles. The van der Waals surface area contributed by atoms with E-state index in [0.717, 1.165) is 19.5 Å². The van der Waals surface area contributed by atoms with Crippen molar-refractivity contribution in [1.82, 2.24) is 10.6 Å². The summed E-state index contributed by atoms with van der Waals surface area (Å²) in [4.78, 5) is 11.7. The van der Waals surface area contributed by atoms with Crippen molar-refractivity contribution in [2.75, 3.05) is 25.0 Å². The zero-order chi connectivity index (χ0) is 13.5. The summed E-state index contributed by atoms with van der Waals surface area (Å²) in [7, 11) is 0. The van der Waals surface area contributed by atoms with Crippen LogP contribution in [-0.2, 0) is 0 Å². The maximum Gasteiger partial charge on any atom is 0.319 e. The van der Waals surface area contributed by atoms with E-state index in [9.17, 15) is 4.79 Å². The van der Waals surface area contributed by atoms with E-state index in [1.54, 1.807) is 24.3 Å². The maximum absolute atomic E-state index is 11.7. The number of nitrogens with one attached hydrogen (secondary N) is 3. The molecule has 0 bridgehead atoms. The van der Waals surface area contributed by atoms with Gasteiger partial charge in [0.2, 0.25) is 0 Å². The lowest BCUT2D eigenvalue weighted by molar-refractivity contribution is 0.251. The molecule has 1 aromatic rings. The zero-order valence-electron chi connectivity index (χ0n) is 10.8. The molecule has 1 heterocycles. The number of benzene rings is 1. The molecule has 0 aromatic heterocycles. The molecule has 3 N–H and O–H groups in total.